The molecular formula is C19H18F6N2O. The number of aliphatic hydroxyl groups is 1. The van der Waals surface area contributed by atoms with Crippen LogP contribution in [0.15, 0.2) is 42.5 Å². The van der Waals surface area contributed by atoms with Crippen molar-refractivity contribution < 1.29 is 31.4 Å². The molecule has 0 spiro atoms. The molecule has 0 saturated heterocycles. The highest BCUT2D eigenvalue weighted by atomic mass is 19.4. The van der Waals surface area contributed by atoms with Crippen molar-refractivity contribution in [2.75, 3.05) is 17.2 Å². The third-order valence-electron chi connectivity index (χ3n) is 4.88. The third kappa shape index (κ3) is 3.50. The first-order valence-electron chi connectivity index (χ1n) is 8.52. The number of anilines is 2. The molecule has 2 aromatic carbocycles. The van der Waals surface area contributed by atoms with E-state index in [1.165, 1.54) is 12.1 Å². The van der Waals surface area contributed by atoms with Gasteiger partial charge in [0.25, 0.3) is 5.60 Å². The molecule has 1 heterocycles. The Balaban J connectivity index is 1.86. The molecule has 1 aliphatic rings. The second kappa shape index (κ2) is 6.88. The molecule has 28 heavy (non-hydrogen) atoms. The maximum absolute atomic E-state index is 13.0. The smallest absolute Gasteiger partial charge is 0.399 e. The van der Waals surface area contributed by atoms with Crippen molar-refractivity contribution in [3.8, 4) is 0 Å². The average Bonchev–Trinajstić information content (AvgIpc) is 2.59. The number of nitrogens with zero attached hydrogens (tertiary/aromatic N) is 1. The SMILES string of the molecule is Nc1ccc2c(c1)CCCN2Cc1ccc(C(O)(C(F)(F)F)C(F)(F)F)cc1. The summed E-state index contributed by atoms with van der Waals surface area (Å²) in [4.78, 5) is 1.99. The van der Waals surface area contributed by atoms with E-state index in [1.807, 2.05) is 17.0 Å². The van der Waals surface area contributed by atoms with Crippen LogP contribution in [0.4, 0.5) is 37.7 Å². The second-order valence-corrected chi connectivity index (χ2v) is 6.82. The zero-order valence-electron chi connectivity index (χ0n) is 14.6. The van der Waals surface area contributed by atoms with Gasteiger partial charge in [0.15, 0.2) is 0 Å². The van der Waals surface area contributed by atoms with Gasteiger partial charge < -0.3 is 15.7 Å². The maximum Gasteiger partial charge on any atom is 0.430 e. The molecule has 0 amide bonds. The largest absolute Gasteiger partial charge is 0.430 e. The number of halogens is 6. The number of fused-ring (bicyclic) bond motifs is 1. The molecule has 152 valence electrons. The molecule has 0 aliphatic carbocycles. The number of benzene rings is 2. The van der Waals surface area contributed by atoms with E-state index < -0.39 is 23.5 Å². The minimum absolute atomic E-state index is 0.313. The number of aryl methyl sites for hydroxylation is 1. The molecule has 0 unspecified atom stereocenters. The predicted molar refractivity (Wildman–Crippen MR) is 92.7 cm³/mol. The van der Waals surface area contributed by atoms with Gasteiger partial charge in [-0.1, -0.05) is 24.3 Å². The van der Waals surface area contributed by atoms with Crippen molar-refractivity contribution >= 4 is 11.4 Å². The standard InChI is InChI=1S/C19H18F6N2O/c20-18(21,22)17(28,19(23,24)25)14-5-3-12(4-6-14)11-27-9-1-2-13-10-15(26)7-8-16(13)27/h3-8,10,28H,1-2,9,11,26H2. The Morgan fingerprint density at radius 1 is 0.929 bits per heavy atom. The molecule has 0 atom stereocenters. The summed E-state index contributed by atoms with van der Waals surface area (Å²) >= 11 is 0. The molecule has 3 nitrogen and oxygen atoms in total. The van der Waals surface area contributed by atoms with E-state index in [9.17, 15) is 31.4 Å². The zero-order chi connectivity index (χ0) is 20.7. The van der Waals surface area contributed by atoms with Gasteiger partial charge >= 0.3 is 12.4 Å². The molecule has 0 aromatic heterocycles. The van der Waals surface area contributed by atoms with Crippen LogP contribution >= 0.6 is 0 Å². The molecule has 0 saturated carbocycles. The first-order valence-corrected chi connectivity index (χ1v) is 8.52. The number of nitrogen functional groups attached to an aromatic ring is 1. The summed E-state index contributed by atoms with van der Waals surface area (Å²) < 4.78 is 77.8. The Bertz CT molecular complexity index is 831. The van der Waals surface area contributed by atoms with Gasteiger partial charge in [-0.05, 0) is 42.2 Å². The Kier molecular flexibility index (Phi) is 4.99. The number of hydrogen-bond donors (Lipinski definition) is 2. The van der Waals surface area contributed by atoms with Gasteiger partial charge in [0.05, 0.1) is 0 Å². The van der Waals surface area contributed by atoms with Crippen LogP contribution in [0.25, 0.3) is 0 Å². The van der Waals surface area contributed by atoms with Crippen molar-refractivity contribution in [2.45, 2.75) is 37.3 Å². The Morgan fingerprint density at radius 2 is 1.54 bits per heavy atom. The molecule has 1 aliphatic heterocycles. The lowest BCUT2D eigenvalue weighted by Crippen LogP contribution is -2.53. The fraction of sp³-hybridized carbons (Fsp3) is 0.368. The summed E-state index contributed by atoms with van der Waals surface area (Å²) in [5.74, 6) is 0. The fourth-order valence-electron chi connectivity index (χ4n) is 3.42. The molecule has 0 fully saturated rings. The van der Waals surface area contributed by atoms with Gasteiger partial charge in [-0.2, -0.15) is 26.3 Å². The van der Waals surface area contributed by atoms with Crippen molar-refractivity contribution in [3.63, 3.8) is 0 Å². The minimum atomic E-state index is -5.89. The predicted octanol–water partition coefficient (Wildman–Crippen LogP) is 4.53. The number of hydrogen-bond acceptors (Lipinski definition) is 3. The molecule has 0 radical (unpaired) electrons. The van der Waals surface area contributed by atoms with Crippen LogP contribution in [-0.2, 0) is 18.6 Å². The zero-order valence-corrected chi connectivity index (χ0v) is 14.6. The van der Waals surface area contributed by atoms with Crippen LogP contribution in [0.2, 0.25) is 0 Å². The highest BCUT2D eigenvalue weighted by molar-refractivity contribution is 5.61. The first kappa shape index (κ1) is 20.3. The molecule has 3 rings (SSSR count). The normalized spacial score (nSPS) is 15.5. The van der Waals surface area contributed by atoms with E-state index in [0.717, 1.165) is 24.1 Å². The summed E-state index contributed by atoms with van der Waals surface area (Å²) in [7, 11) is 0. The summed E-state index contributed by atoms with van der Waals surface area (Å²) in [6, 6.07) is 9.13. The molecule has 0 bridgehead atoms. The van der Waals surface area contributed by atoms with Gasteiger partial charge in [-0.15, -0.1) is 0 Å². The highest BCUT2D eigenvalue weighted by Crippen LogP contribution is 2.50. The van der Waals surface area contributed by atoms with E-state index in [-0.39, 0.29) is 0 Å². The monoisotopic (exact) mass is 404 g/mol. The maximum atomic E-state index is 13.0. The lowest BCUT2D eigenvalue weighted by molar-refractivity contribution is -0.376. The van der Waals surface area contributed by atoms with Crippen molar-refractivity contribution in [1.29, 1.82) is 0 Å². The summed E-state index contributed by atoms with van der Waals surface area (Å²) in [6.07, 6.45) is -10.1. The van der Waals surface area contributed by atoms with E-state index in [0.29, 0.717) is 36.5 Å². The summed E-state index contributed by atoms with van der Waals surface area (Å²) in [5.41, 5.74) is 2.75. The van der Waals surface area contributed by atoms with Gasteiger partial charge in [0.2, 0.25) is 0 Å². The van der Waals surface area contributed by atoms with Crippen molar-refractivity contribution in [2.24, 2.45) is 0 Å². The lowest BCUT2D eigenvalue weighted by Gasteiger charge is -2.33. The van der Waals surface area contributed by atoms with E-state index in [2.05, 4.69) is 0 Å². The Hall–Kier alpha value is -2.42. The lowest BCUT2D eigenvalue weighted by atomic mass is 9.91. The fourth-order valence-corrected chi connectivity index (χ4v) is 3.42. The van der Waals surface area contributed by atoms with Crippen molar-refractivity contribution in [3.05, 3.63) is 59.2 Å². The Morgan fingerprint density at radius 3 is 2.11 bits per heavy atom. The van der Waals surface area contributed by atoms with Crippen LogP contribution in [0.3, 0.4) is 0 Å². The van der Waals surface area contributed by atoms with Crippen LogP contribution < -0.4 is 10.6 Å². The van der Waals surface area contributed by atoms with E-state index >= 15 is 0 Å². The number of nitrogens with two attached hydrogens (primary N) is 1. The van der Waals surface area contributed by atoms with Crippen LogP contribution in [0.1, 0.15) is 23.1 Å². The second-order valence-electron chi connectivity index (χ2n) is 6.82. The minimum Gasteiger partial charge on any atom is -0.399 e. The molecule has 3 N–H and O–H groups in total. The van der Waals surface area contributed by atoms with Gasteiger partial charge in [-0.3, -0.25) is 0 Å². The van der Waals surface area contributed by atoms with Crippen LogP contribution in [0, 0.1) is 0 Å². The number of alkyl halides is 6. The topological polar surface area (TPSA) is 49.5 Å². The van der Waals surface area contributed by atoms with E-state index in [1.54, 1.807) is 6.07 Å². The average molecular weight is 404 g/mol. The van der Waals surface area contributed by atoms with Crippen LogP contribution in [-0.4, -0.2) is 24.0 Å². The van der Waals surface area contributed by atoms with Gasteiger partial charge in [0, 0.05) is 30.0 Å². The molecule has 2 aromatic rings. The van der Waals surface area contributed by atoms with Crippen LogP contribution in [0.5, 0.6) is 0 Å². The Labute approximate surface area is 157 Å². The van der Waals surface area contributed by atoms with E-state index in [4.69, 9.17) is 5.73 Å². The first-order chi connectivity index (χ1) is 12.9. The summed E-state index contributed by atoms with van der Waals surface area (Å²) in [6.45, 7) is 1.02. The number of rotatable bonds is 3. The van der Waals surface area contributed by atoms with Crippen molar-refractivity contribution in [1.82, 2.24) is 0 Å². The van der Waals surface area contributed by atoms with Gasteiger partial charge in [0.1, 0.15) is 0 Å². The summed E-state index contributed by atoms with van der Waals surface area (Å²) in [5, 5.41) is 9.45. The quantitative estimate of drug-likeness (QED) is 0.584. The molecular weight excluding hydrogens is 386 g/mol. The highest BCUT2D eigenvalue weighted by Gasteiger charge is 2.71. The van der Waals surface area contributed by atoms with Gasteiger partial charge in [-0.25, -0.2) is 0 Å². The third-order valence-corrected chi connectivity index (χ3v) is 4.88. The molecule has 9 heteroatoms.